The monoisotopic (exact) mass is 391 g/mol. The first kappa shape index (κ1) is 19.5. The van der Waals surface area contributed by atoms with Crippen molar-refractivity contribution in [2.24, 2.45) is 0 Å². The smallest absolute Gasteiger partial charge is 0.246 e. The van der Waals surface area contributed by atoms with Crippen LogP contribution in [0.15, 0.2) is 18.3 Å². The number of amides is 2. The third-order valence-corrected chi connectivity index (χ3v) is 7.16. The number of rotatable bonds is 7. The van der Waals surface area contributed by atoms with Crippen LogP contribution in [0.4, 0.5) is 5.82 Å². The normalized spacial score (nSPS) is 17.5. The van der Waals surface area contributed by atoms with Crippen molar-refractivity contribution >= 4 is 33.5 Å². The second kappa shape index (κ2) is 8.21. The minimum absolute atomic E-state index is 0.0366. The van der Waals surface area contributed by atoms with E-state index in [-0.39, 0.29) is 30.7 Å². The van der Waals surface area contributed by atoms with E-state index in [2.05, 4.69) is 10.3 Å². The van der Waals surface area contributed by atoms with Gasteiger partial charge in [-0.2, -0.15) is 0 Å². The van der Waals surface area contributed by atoms with Gasteiger partial charge in [0.1, 0.15) is 5.82 Å². The maximum absolute atomic E-state index is 12.2. The van der Waals surface area contributed by atoms with E-state index in [4.69, 9.17) is 0 Å². The van der Waals surface area contributed by atoms with Crippen LogP contribution in [0.25, 0.3) is 6.08 Å². The largest absolute Gasteiger partial charge is 0.336 e. The average Bonchev–Trinajstić information content (AvgIpc) is 2.58. The molecule has 2 amide bonds. The molecule has 3 rings (SSSR count). The third kappa shape index (κ3) is 4.74. The predicted octanol–water partition coefficient (Wildman–Crippen LogP) is 1.80. The lowest BCUT2D eigenvalue weighted by molar-refractivity contribution is -0.129. The van der Waals surface area contributed by atoms with Gasteiger partial charge < -0.3 is 10.2 Å². The first-order chi connectivity index (χ1) is 12.9. The molecule has 0 unspecified atom stereocenters. The highest BCUT2D eigenvalue weighted by atomic mass is 32.2. The number of carbonyl (C=O) groups excluding carboxylic acids is 2. The van der Waals surface area contributed by atoms with Crippen molar-refractivity contribution < 1.29 is 18.0 Å². The first-order valence-corrected chi connectivity index (χ1v) is 11.1. The fourth-order valence-electron chi connectivity index (χ4n) is 3.20. The molecule has 0 radical (unpaired) electrons. The minimum atomic E-state index is -3.11. The molecule has 7 nitrogen and oxygen atoms in total. The summed E-state index contributed by atoms with van der Waals surface area (Å²) in [6.45, 7) is 2.58. The Bertz CT molecular complexity index is 858. The molecular weight excluding hydrogens is 366 g/mol. The molecular formula is C19H25N3O4S. The van der Waals surface area contributed by atoms with Gasteiger partial charge in [-0.1, -0.05) is 19.8 Å². The number of sulfone groups is 1. The number of nitrogens with one attached hydrogen (secondary N) is 1. The van der Waals surface area contributed by atoms with Crippen LogP contribution in [0.2, 0.25) is 0 Å². The van der Waals surface area contributed by atoms with E-state index in [1.807, 2.05) is 13.0 Å². The lowest BCUT2D eigenvalue weighted by atomic mass is 10.0. The predicted molar refractivity (Wildman–Crippen MR) is 104 cm³/mol. The molecule has 2 aliphatic heterocycles. The summed E-state index contributed by atoms with van der Waals surface area (Å²) >= 11 is 0. The summed E-state index contributed by atoms with van der Waals surface area (Å²) in [5, 5.41) is 2.29. The van der Waals surface area contributed by atoms with Crippen molar-refractivity contribution in [1.29, 1.82) is 0 Å². The summed E-state index contributed by atoms with van der Waals surface area (Å²) in [6, 6.07) is 1.91. The van der Waals surface area contributed by atoms with Crippen LogP contribution in [0, 0.1) is 0 Å². The topological polar surface area (TPSA) is 96.4 Å². The van der Waals surface area contributed by atoms with Crippen molar-refractivity contribution in [1.82, 2.24) is 9.88 Å². The number of aryl methyl sites for hydroxylation is 1. The van der Waals surface area contributed by atoms with Crippen LogP contribution in [0.1, 0.15) is 43.7 Å². The van der Waals surface area contributed by atoms with Gasteiger partial charge in [-0.25, -0.2) is 13.4 Å². The summed E-state index contributed by atoms with van der Waals surface area (Å²) in [6.07, 6.45) is 8.38. The number of fused-ring (bicyclic) bond motifs is 1. The summed E-state index contributed by atoms with van der Waals surface area (Å²) in [4.78, 5) is 29.3. The molecule has 0 saturated carbocycles. The molecule has 1 fully saturated rings. The molecule has 0 aliphatic carbocycles. The van der Waals surface area contributed by atoms with Crippen molar-refractivity contribution in [3.63, 3.8) is 0 Å². The number of carbonyl (C=O) groups is 2. The first-order valence-electron chi connectivity index (χ1n) is 9.36. The Morgan fingerprint density at radius 3 is 2.85 bits per heavy atom. The van der Waals surface area contributed by atoms with Crippen LogP contribution < -0.4 is 5.32 Å². The van der Waals surface area contributed by atoms with E-state index in [0.29, 0.717) is 25.1 Å². The lowest BCUT2D eigenvalue weighted by Gasteiger charge is -2.38. The molecule has 0 spiro atoms. The SMILES string of the molecule is CCCCCS(=O)(=O)C1CN(C(=O)/C=C/c2cnc3c(c2)CCC(=O)N3)C1. The number of hydrogen-bond donors (Lipinski definition) is 1. The van der Waals surface area contributed by atoms with Gasteiger partial charge in [0, 0.05) is 31.8 Å². The highest BCUT2D eigenvalue weighted by Crippen LogP contribution is 2.22. The molecule has 1 aromatic rings. The van der Waals surface area contributed by atoms with Crippen molar-refractivity contribution in [2.75, 3.05) is 24.2 Å². The Hall–Kier alpha value is -2.22. The van der Waals surface area contributed by atoms with E-state index in [1.165, 1.54) is 6.08 Å². The Morgan fingerprint density at radius 2 is 2.11 bits per heavy atom. The van der Waals surface area contributed by atoms with E-state index in [1.54, 1.807) is 17.2 Å². The molecule has 2 aliphatic rings. The summed E-state index contributed by atoms with van der Waals surface area (Å²) in [5.41, 5.74) is 1.73. The average molecular weight is 391 g/mol. The molecule has 3 heterocycles. The molecule has 1 aromatic heterocycles. The van der Waals surface area contributed by atoms with Gasteiger partial charge in [-0.15, -0.1) is 0 Å². The third-order valence-electron chi connectivity index (χ3n) is 4.99. The summed E-state index contributed by atoms with van der Waals surface area (Å²) in [5.74, 6) is 0.556. The second-order valence-corrected chi connectivity index (χ2v) is 9.50. The van der Waals surface area contributed by atoms with Crippen molar-refractivity contribution in [3.05, 3.63) is 29.5 Å². The zero-order valence-corrected chi connectivity index (χ0v) is 16.3. The Kier molecular flexibility index (Phi) is 5.94. The maximum Gasteiger partial charge on any atom is 0.246 e. The number of aromatic nitrogens is 1. The highest BCUT2D eigenvalue weighted by Gasteiger charge is 2.38. The Morgan fingerprint density at radius 1 is 1.33 bits per heavy atom. The van der Waals surface area contributed by atoms with Gasteiger partial charge in [0.05, 0.1) is 11.0 Å². The molecule has 0 bridgehead atoms. The molecule has 1 saturated heterocycles. The molecule has 27 heavy (non-hydrogen) atoms. The number of hydrogen-bond acceptors (Lipinski definition) is 5. The van der Waals surface area contributed by atoms with Gasteiger partial charge in [-0.05, 0) is 36.1 Å². The minimum Gasteiger partial charge on any atom is -0.336 e. The zero-order chi connectivity index (χ0) is 19.4. The molecule has 146 valence electrons. The summed E-state index contributed by atoms with van der Waals surface area (Å²) in [7, 11) is -3.11. The van der Waals surface area contributed by atoms with Crippen LogP contribution in [0.5, 0.6) is 0 Å². The number of anilines is 1. The molecule has 0 atom stereocenters. The molecule has 8 heteroatoms. The van der Waals surface area contributed by atoms with E-state index in [0.717, 1.165) is 24.0 Å². The number of likely N-dealkylation sites (tertiary alicyclic amines) is 1. The van der Waals surface area contributed by atoms with Crippen molar-refractivity contribution in [2.45, 2.75) is 44.3 Å². The van der Waals surface area contributed by atoms with Gasteiger partial charge in [0.2, 0.25) is 11.8 Å². The Labute approximate surface area is 159 Å². The van der Waals surface area contributed by atoms with Gasteiger partial charge >= 0.3 is 0 Å². The van der Waals surface area contributed by atoms with E-state index < -0.39 is 15.1 Å². The standard InChI is InChI=1S/C19H25N3O4S/c1-2-3-4-9-27(25,26)16-12-22(13-16)18(24)8-5-14-10-15-6-7-17(23)21-19(15)20-11-14/h5,8,10-11,16H,2-4,6-7,9,12-13H2,1H3,(H,20,21,23)/b8-5+. The number of unbranched alkanes of at least 4 members (excludes halogenated alkanes) is 2. The second-order valence-electron chi connectivity index (χ2n) is 7.10. The van der Waals surface area contributed by atoms with Crippen LogP contribution in [0.3, 0.4) is 0 Å². The van der Waals surface area contributed by atoms with Crippen LogP contribution in [-0.2, 0) is 25.8 Å². The van der Waals surface area contributed by atoms with Crippen LogP contribution in [-0.4, -0.2) is 54.2 Å². The summed E-state index contributed by atoms with van der Waals surface area (Å²) < 4.78 is 24.4. The van der Waals surface area contributed by atoms with Gasteiger partial charge in [0.25, 0.3) is 0 Å². The highest BCUT2D eigenvalue weighted by molar-refractivity contribution is 7.92. The number of nitrogens with zero attached hydrogens (tertiary/aromatic N) is 2. The Balaban J connectivity index is 1.52. The van der Waals surface area contributed by atoms with E-state index in [9.17, 15) is 18.0 Å². The maximum atomic E-state index is 12.2. The lowest BCUT2D eigenvalue weighted by Crippen LogP contribution is -2.56. The molecule has 0 aromatic carbocycles. The van der Waals surface area contributed by atoms with Gasteiger partial charge in [0.15, 0.2) is 9.84 Å². The number of pyridine rings is 1. The van der Waals surface area contributed by atoms with Gasteiger partial charge in [-0.3, -0.25) is 9.59 Å². The van der Waals surface area contributed by atoms with Crippen molar-refractivity contribution in [3.8, 4) is 0 Å². The molecule has 1 N–H and O–H groups in total. The fourth-order valence-corrected chi connectivity index (χ4v) is 4.96. The van der Waals surface area contributed by atoms with Crippen LogP contribution >= 0.6 is 0 Å². The quantitative estimate of drug-likeness (QED) is 0.565. The zero-order valence-electron chi connectivity index (χ0n) is 15.5. The fraction of sp³-hybridized carbons (Fsp3) is 0.526. The van der Waals surface area contributed by atoms with E-state index >= 15 is 0 Å².